The number of carbonyl (C=O) groups is 3. The van der Waals surface area contributed by atoms with Gasteiger partial charge in [0.2, 0.25) is 11.8 Å². The molecule has 15 heteroatoms. The Balaban J connectivity index is 1.48. The standard InChI is InChI=1S/C23H17Cl3F5N3O4/c24-13-2-1-10(32-19(36)12-8-22(12,25)26)7-11(13)18(35)33-15-4-3-14(27)17(16(15)28)34-20(37)21(5-6-21)9-38-23(29,30)31/h1-4,7,12H,5-6,8-9H2,(H,32,36)(H,33,35)(H,34,37). The molecular formula is C23H17Cl3F5N3O4. The van der Waals surface area contributed by atoms with Crippen LogP contribution in [0, 0.1) is 23.0 Å². The zero-order valence-corrected chi connectivity index (χ0v) is 21.2. The number of hydrogen-bond acceptors (Lipinski definition) is 4. The van der Waals surface area contributed by atoms with Crippen molar-refractivity contribution in [3.05, 3.63) is 52.6 Å². The Morgan fingerprint density at radius 2 is 1.68 bits per heavy atom. The van der Waals surface area contributed by atoms with Crippen LogP contribution in [0.1, 0.15) is 29.6 Å². The van der Waals surface area contributed by atoms with Gasteiger partial charge < -0.3 is 16.0 Å². The maximum absolute atomic E-state index is 15.1. The van der Waals surface area contributed by atoms with Gasteiger partial charge in [-0.25, -0.2) is 8.78 Å². The highest BCUT2D eigenvalue weighted by Crippen LogP contribution is 2.53. The van der Waals surface area contributed by atoms with Crippen LogP contribution in [0.15, 0.2) is 30.3 Å². The molecule has 3 N–H and O–H groups in total. The second-order valence-corrected chi connectivity index (χ2v) is 10.9. The van der Waals surface area contributed by atoms with Crippen LogP contribution >= 0.6 is 34.8 Å². The predicted octanol–water partition coefficient (Wildman–Crippen LogP) is 6.26. The van der Waals surface area contributed by atoms with E-state index in [-0.39, 0.29) is 35.5 Å². The predicted molar refractivity (Wildman–Crippen MR) is 129 cm³/mol. The van der Waals surface area contributed by atoms with Gasteiger partial charge in [-0.3, -0.25) is 19.1 Å². The average molecular weight is 601 g/mol. The first-order chi connectivity index (χ1) is 17.6. The molecule has 2 aromatic carbocycles. The number of hydrogen-bond donors (Lipinski definition) is 3. The fourth-order valence-corrected chi connectivity index (χ4v) is 4.22. The smallest absolute Gasteiger partial charge is 0.326 e. The largest absolute Gasteiger partial charge is 0.522 e. The molecule has 0 aliphatic heterocycles. The topological polar surface area (TPSA) is 96.5 Å². The van der Waals surface area contributed by atoms with Gasteiger partial charge in [-0.15, -0.1) is 36.4 Å². The highest BCUT2D eigenvalue weighted by atomic mass is 35.5. The third-order valence-corrected chi connectivity index (χ3v) is 7.21. The van der Waals surface area contributed by atoms with E-state index in [9.17, 15) is 31.9 Å². The maximum Gasteiger partial charge on any atom is 0.522 e. The van der Waals surface area contributed by atoms with Gasteiger partial charge in [0, 0.05) is 5.69 Å². The van der Waals surface area contributed by atoms with Crippen LogP contribution in [-0.4, -0.2) is 35.0 Å². The van der Waals surface area contributed by atoms with Crippen LogP contribution in [0.3, 0.4) is 0 Å². The van der Waals surface area contributed by atoms with Gasteiger partial charge in [-0.1, -0.05) is 11.6 Å². The van der Waals surface area contributed by atoms with Gasteiger partial charge in [0.25, 0.3) is 5.91 Å². The molecule has 2 fully saturated rings. The third-order valence-electron chi connectivity index (χ3n) is 6.05. The summed E-state index contributed by atoms with van der Waals surface area (Å²) in [6.45, 7) is -1.01. The monoisotopic (exact) mass is 599 g/mol. The summed E-state index contributed by atoms with van der Waals surface area (Å²) >= 11 is 17.8. The van der Waals surface area contributed by atoms with Crippen molar-refractivity contribution in [3.8, 4) is 0 Å². The fourth-order valence-electron chi connectivity index (χ4n) is 3.51. The maximum atomic E-state index is 15.1. The summed E-state index contributed by atoms with van der Waals surface area (Å²) in [5, 5.41) is 6.62. The van der Waals surface area contributed by atoms with Crippen molar-refractivity contribution >= 4 is 69.6 Å². The van der Waals surface area contributed by atoms with Crippen molar-refractivity contribution in [2.45, 2.75) is 30.0 Å². The molecule has 204 valence electrons. The van der Waals surface area contributed by atoms with E-state index in [0.29, 0.717) is 0 Å². The van der Waals surface area contributed by atoms with E-state index in [0.717, 1.165) is 12.1 Å². The van der Waals surface area contributed by atoms with Crippen LogP contribution in [-0.2, 0) is 14.3 Å². The molecule has 7 nitrogen and oxygen atoms in total. The molecule has 0 aromatic heterocycles. The highest BCUT2D eigenvalue weighted by Gasteiger charge is 2.56. The van der Waals surface area contributed by atoms with Crippen LogP contribution in [0.4, 0.5) is 39.0 Å². The lowest BCUT2D eigenvalue weighted by molar-refractivity contribution is -0.328. The van der Waals surface area contributed by atoms with Crippen molar-refractivity contribution in [2.24, 2.45) is 11.3 Å². The molecule has 3 amide bonds. The Bertz CT molecular complexity index is 1320. The van der Waals surface area contributed by atoms with E-state index in [1.54, 1.807) is 0 Å². The minimum atomic E-state index is -4.98. The van der Waals surface area contributed by atoms with E-state index in [1.807, 2.05) is 5.32 Å². The van der Waals surface area contributed by atoms with Crippen LogP contribution in [0.25, 0.3) is 0 Å². The van der Waals surface area contributed by atoms with Gasteiger partial charge in [0.15, 0.2) is 5.82 Å². The molecular weight excluding hydrogens is 584 g/mol. The minimum Gasteiger partial charge on any atom is -0.326 e. The first-order valence-corrected chi connectivity index (χ1v) is 12.0. The van der Waals surface area contributed by atoms with Crippen molar-refractivity contribution in [1.82, 2.24) is 0 Å². The fraction of sp³-hybridized carbons (Fsp3) is 0.348. The normalized spacial score (nSPS) is 18.9. The Morgan fingerprint density at radius 1 is 1.03 bits per heavy atom. The molecule has 0 spiro atoms. The summed E-state index contributed by atoms with van der Waals surface area (Å²) in [7, 11) is 0. The summed E-state index contributed by atoms with van der Waals surface area (Å²) in [6, 6.07) is 5.55. The number of amides is 3. The molecule has 1 unspecified atom stereocenters. The third kappa shape index (κ3) is 6.31. The van der Waals surface area contributed by atoms with Gasteiger partial charge in [-0.2, -0.15) is 0 Å². The molecule has 2 aliphatic carbocycles. The number of anilines is 3. The van der Waals surface area contributed by atoms with Crippen LogP contribution < -0.4 is 16.0 Å². The number of benzene rings is 2. The Morgan fingerprint density at radius 3 is 2.26 bits per heavy atom. The molecule has 2 saturated carbocycles. The number of halogens is 8. The first-order valence-electron chi connectivity index (χ1n) is 10.9. The van der Waals surface area contributed by atoms with Gasteiger partial charge in [0.1, 0.15) is 15.8 Å². The number of rotatable bonds is 8. The lowest BCUT2D eigenvalue weighted by Crippen LogP contribution is -2.31. The lowest BCUT2D eigenvalue weighted by Gasteiger charge is -2.18. The number of ether oxygens (including phenoxy) is 1. The second-order valence-electron chi connectivity index (χ2n) is 8.91. The molecule has 0 saturated heterocycles. The zero-order chi connectivity index (χ0) is 28.0. The molecule has 1 atom stereocenters. The zero-order valence-electron chi connectivity index (χ0n) is 18.9. The minimum absolute atomic E-state index is 0.0253. The van der Waals surface area contributed by atoms with E-state index in [2.05, 4.69) is 15.4 Å². The van der Waals surface area contributed by atoms with Gasteiger partial charge in [0.05, 0.1) is 34.2 Å². The van der Waals surface area contributed by atoms with Gasteiger partial charge >= 0.3 is 6.36 Å². The molecule has 0 radical (unpaired) electrons. The Hall–Kier alpha value is -2.67. The average Bonchev–Trinajstić information content (AvgIpc) is 3.74. The lowest BCUT2D eigenvalue weighted by atomic mass is 10.1. The quantitative estimate of drug-likeness (QED) is 0.246. The van der Waals surface area contributed by atoms with Gasteiger partial charge in [-0.05, 0) is 49.6 Å². The highest BCUT2D eigenvalue weighted by molar-refractivity contribution is 6.52. The Labute approximate surface area is 226 Å². The van der Waals surface area contributed by atoms with E-state index < -0.39 is 69.4 Å². The molecule has 0 heterocycles. The number of carbonyl (C=O) groups excluding carboxylic acids is 3. The van der Waals surface area contributed by atoms with Crippen molar-refractivity contribution in [2.75, 3.05) is 22.6 Å². The summed E-state index contributed by atoms with van der Waals surface area (Å²) in [5.74, 6) is -5.74. The molecule has 4 rings (SSSR count). The Kier molecular flexibility index (Phi) is 7.56. The molecule has 0 bridgehead atoms. The number of nitrogens with one attached hydrogen (secondary N) is 3. The number of alkyl halides is 5. The summed E-state index contributed by atoms with van der Waals surface area (Å²) < 4.78 is 69.1. The van der Waals surface area contributed by atoms with E-state index in [1.165, 1.54) is 18.2 Å². The van der Waals surface area contributed by atoms with Crippen LogP contribution in [0.2, 0.25) is 5.02 Å². The SMILES string of the molecule is O=C(Nc1ccc(F)c(NC(=O)C2(COC(F)(F)F)CC2)c1F)c1cc(NC(=O)C2CC2(Cl)Cl)ccc1Cl. The second kappa shape index (κ2) is 10.1. The van der Waals surface area contributed by atoms with Crippen molar-refractivity contribution in [3.63, 3.8) is 0 Å². The van der Waals surface area contributed by atoms with Crippen LogP contribution in [0.5, 0.6) is 0 Å². The van der Waals surface area contributed by atoms with E-state index >= 15 is 4.39 Å². The van der Waals surface area contributed by atoms with Crippen molar-refractivity contribution in [1.29, 1.82) is 0 Å². The molecule has 2 aromatic rings. The first kappa shape index (κ1) is 28.3. The molecule has 38 heavy (non-hydrogen) atoms. The summed E-state index contributed by atoms with van der Waals surface area (Å²) in [5.41, 5.74) is -3.12. The molecule has 2 aliphatic rings. The van der Waals surface area contributed by atoms with E-state index in [4.69, 9.17) is 34.8 Å². The van der Waals surface area contributed by atoms with Crippen molar-refractivity contribution < 1.29 is 41.1 Å². The summed E-state index contributed by atoms with van der Waals surface area (Å²) in [6.07, 6.45) is -4.67. The summed E-state index contributed by atoms with van der Waals surface area (Å²) in [4.78, 5) is 37.5.